The molecule has 9 nitrogen and oxygen atoms in total. The standard InChI is InChI=1S/C27H32N4O5/c1-35-15-14-31(27(34)25(32)21-17-29-22-16-19(36-2)11-12-20(21)22)24(18-8-4-3-5-9-18)26(33)30-23-10-6-7-13-28-23/h6-7,10-13,16-18,24,29H,3-5,8-9,14-15H2,1-2H3,(H,28,30,33). The lowest BCUT2D eigenvalue weighted by atomic mass is 9.82. The summed E-state index contributed by atoms with van der Waals surface area (Å²) in [5.74, 6) is -0.770. The van der Waals surface area contributed by atoms with Crippen molar-refractivity contribution in [3.05, 3.63) is 54.4 Å². The number of benzene rings is 1. The molecular weight excluding hydrogens is 460 g/mol. The fourth-order valence-electron chi connectivity index (χ4n) is 4.92. The van der Waals surface area contributed by atoms with Crippen LogP contribution in [0.5, 0.6) is 5.75 Å². The molecule has 1 aliphatic rings. The van der Waals surface area contributed by atoms with E-state index in [4.69, 9.17) is 9.47 Å². The van der Waals surface area contributed by atoms with E-state index in [2.05, 4.69) is 15.3 Å². The number of rotatable bonds is 10. The van der Waals surface area contributed by atoms with E-state index >= 15 is 0 Å². The number of anilines is 1. The number of amides is 2. The fraction of sp³-hybridized carbons (Fsp3) is 0.407. The van der Waals surface area contributed by atoms with Crippen LogP contribution in [0.15, 0.2) is 48.8 Å². The van der Waals surface area contributed by atoms with Gasteiger partial charge in [-0.3, -0.25) is 14.4 Å². The average Bonchev–Trinajstić information content (AvgIpc) is 3.34. The third kappa shape index (κ3) is 5.57. The van der Waals surface area contributed by atoms with E-state index in [0.717, 1.165) is 32.1 Å². The number of nitrogens with one attached hydrogen (secondary N) is 2. The molecule has 0 saturated heterocycles. The number of ketones is 1. The summed E-state index contributed by atoms with van der Waals surface area (Å²) in [4.78, 5) is 49.5. The van der Waals surface area contributed by atoms with Gasteiger partial charge in [0.15, 0.2) is 0 Å². The molecule has 0 aliphatic heterocycles. The van der Waals surface area contributed by atoms with Crippen LogP contribution in [0, 0.1) is 5.92 Å². The van der Waals surface area contributed by atoms with Crippen molar-refractivity contribution in [2.45, 2.75) is 38.1 Å². The first kappa shape index (κ1) is 25.4. The largest absolute Gasteiger partial charge is 0.497 e. The van der Waals surface area contributed by atoms with Gasteiger partial charge < -0.3 is 24.7 Å². The van der Waals surface area contributed by atoms with Gasteiger partial charge in [0, 0.05) is 43.0 Å². The molecule has 1 aromatic carbocycles. The van der Waals surface area contributed by atoms with E-state index in [0.29, 0.717) is 22.5 Å². The number of hydrogen-bond donors (Lipinski definition) is 2. The Labute approximate surface area is 210 Å². The summed E-state index contributed by atoms with van der Waals surface area (Å²) >= 11 is 0. The summed E-state index contributed by atoms with van der Waals surface area (Å²) in [7, 11) is 3.09. The highest BCUT2D eigenvalue weighted by molar-refractivity contribution is 6.45. The van der Waals surface area contributed by atoms with Crippen LogP contribution in [0.3, 0.4) is 0 Å². The van der Waals surface area contributed by atoms with Crippen molar-refractivity contribution >= 4 is 34.3 Å². The van der Waals surface area contributed by atoms with E-state index in [-0.39, 0.29) is 30.5 Å². The van der Waals surface area contributed by atoms with Crippen molar-refractivity contribution in [3.8, 4) is 5.75 Å². The molecule has 9 heteroatoms. The Bertz CT molecular complexity index is 1200. The number of carbonyl (C=O) groups excluding carboxylic acids is 3. The summed E-state index contributed by atoms with van der Waals surface area (Å²) in [6.07, 6.45) is 7.77. The number of Topliss-reactive ketones (excluding diaryl/α,β-unsaturated/α-hetero) is 1. The van der Waals surface area contributed by atoms with Crippen LogP contribution in [0.4, 0.5) is 5.82 Å². The zero-order chi connectivity index (χ0) is 25.5. The molecule has 4 rings (SSSR count). The van der Waals surface area contributed by atoms with E-state index in [9.17, 15) is 14.4 Å². The van der Waals surface area contributed by atoms with Crippen molar-refractivity contribution in [2.75, 3.05) is 32.7 Å². The lowest BCUT2D eigenvalue weighted by molar-refractivity contribution is -0.138. The molecule has 0 radical (unpaired) electrons. The number of fused-ring (bicyclic) bond motifs is 1. The minimum Gasteiger partial charge on any atom is -0.497 e. The van der Waals surface area contributed by atoms with Gasteiger partial charge in [0.2, 0.25) is 5.91 Å². The van der Waals surface area contributed by atoms with Gasteiger partial charge in [0.05, 0.1) is 19.3 Å². The summed E-state index contributed by atoms with van der Waals surface area (Å²) in [6.45, 7) is 0.318. The number of methoxy groups -OCH3 is 2. The van der Waals surface area contributed by atoms with Gasteiger partial charge in [0.25, 0.3) is 11.7 Å². The Morgan fingerprint density at radius 2 is 1.94 bits per heavy atom. The highest BCUT2D eigenvalue weighted by atomic mass is 16.5. The smallest absolute Gasteiger partial charge is 0.295 e. The lowest BCUT2D eigenvalue weighted by Gasteiger charge is -2.37. The van der Waals surface area contributed by atoms with Gasteiger partial charge in [-0.15, -0.1) is 0 Å². The van der Waals surface area contributed by atoms with Crippen LogP contribution in [0.2, 0.25) is 0 Å². The highest BCUT2D eigenvalue weighted by Gasteiger charge is 2.39. The number of carbonyl (C=O) groups is 3. The van der Waals surface area contributed by atoms with Crippen molar-refractivity contribution in [1.82, 2.24) is 14.9 Å². The van der Waals surface area contributed by atoms with Crippen molar-refractivity contribution in [1.29, 1.82) is 0 Å². The molecule has 36 heavy (non-hydrogen) atoms. The van der Waals surface area contributed by atoms with Crippen LogP contribution in [0.1, 0.15) is 42.5 Å². The molecule has 2 heterocycles. The normalized spacial score (nSPS) is 14.8. The van der Waals surface area contributed by atoms with Gasteiger partial charge in [-0.2, -0.15) is 0 Å². The monoisotopic (exact) mass is 492 g/mol. The topological polar surface area (TPSA) is 114 Å². The van der Waals surface area contributed by atoms with Crippen molar-refractivity contribution in [3.63, 3.8) is 0 Å². The maximum atomic E-state index is 13.7. The second-order valence-corrected chi connectivity index (χ2v) is 8.98. The Hall–Kier alpha value is -3.72. The molecular formula is C27H32N4O5. The molecule has 2 N–H and O–H groups in total. The van der Waals surface area contributed by atoms with Gasteiger partial charge in [0.1, 0.15) is 17.6 Å². The molecule has 1 atom stereocenters. The van der Waals surface area contributed by atoms with Gasteiger partial charge in [-0.05, 0) is 43.0 Å². The van der Waals surface area contributed by atoms with E-state index in [1.165, 1.54) is 18.2 Å². The molecule has 0 bridgehead atoms. The number of ether oxygens (including phenoxy) is 2. The lowest BCUT2D eigenvalue weighted by Crippen LogP contribution is -2.54. The second-order valence-electron chi connectivity index (χ2n) is 8.98. The van der Waals surface area contributed by atoms with Crippen LogP contribution < -0.4 is 10.1 Å². The molecule has 2 aromatic heterocycles. The predicted octanol–water partition coefficient (Wildman–Crippen LogP) is 3.82. The minimum atomic E-state index is -0.816. The van der Waals surface area contributed by atoms with Gasteiger partial charge in [-0.1, -0.05) is 25.3 Å². The minimum absolute atomic E-state index is 0.0664. The maximum Gasteiger partial charge on any atom is 0.295 e. The molecule has 2 amide bonds. The van der Waals surface area contributed by atoms with E-state index in [1.54, 1.807) is 49.7 Å². The zero-order valence-electron chi connectivity index (χ0n) is 20.7. The first-order valence-electron chi connectivity index (χ1n) is 12.2. The van der Waals surface area contributed by atoms with E-state index in [1.807, 2.05) is 0 Å². The SMILES string of the molecule is COCCN(C(=O)C(=O)c1c[nH]c2cc(OC)ccc12)C(C(=O)Nc1ccccn1)C1CCCCC1. The molecule has 1 fully saturated rings. The molecule has 1 unspecified atom stereocenters. The third-order valence-electron chi connectivity index (χ3n) is 6.74. The number of aromatic nitrogens is 2. The first-order chi connectivity index (χ1) is 17.5. The molecule has 190 valence electrons. The summed E-state index contributed by atoms with van der Waals surface area (Å²) in [5, 5.41) is 3.47. The Kier molecular flexibility index (Phi) is 8.32. The van der Waals surface area contributed by atoms with Crippen LogP contribution >= 0.6 is 0 Å². The highest BCUT2D eigenvalue weighted by Crippen LogP contribution is 2.31. The first-order valence-corrected chi connectivity index (χ1v) is 12.2. The van der Waals surface area contributed by atoms with Crippen LogP contribution in [0.25, 0.3) is 10.9 Å². The average molecular weight is 493 g/mol. The Morgan fingerprint density at radius 3 is 2.64 bits per heavy atom. The number of nitrogens with zero attached hydrogens (tertiary/aromatic N) is 2. The van der Waals surface area contributed by atoms with E-state index < -0.39 is 17.7 Å². The van der Waals surface area contributed by atoms with Gasteiger partial charge >= 0.3 is 0 Å². The number of hydrogen-bond acceptors (Lipinski definition) is 6. The van der Waals surface area contributed by atoms with Crippen LogP contribution in [-0.2, 0) is 14.3 Å². The molecule has 1 saturated carbocycles. The van der Waals surface area contributed by atoms with Gasteiger partial charge in [-0.25, -0.2) is 4.98 Å². The van der Waals surface area contributed by atoms with Crippen molar-refractivity contribution in [2.24, 2.45) is 5.92 Å². The molecule has 1 aliphatic carbocycles. The maximum absolute atomic E-state index is 13.7. The predicted molar refractivity (Wildman–Crippen MR) is 136 cm³/mol. The molecule has 3 aromatic rings. The third-order valence-corrected chi connectivity index (χ3v) is 6.74. The van der Waals surface area contributed by atoms with Crippen molar-refractivity contribution < 1.29 is 23.9 Å². The fourth-order valence-corrected chi connectivity index (χ4v) is 4.92. The second kappa shape index (κ2) is 11.8. The Morgan fingerprint density at radius 1 is 1.14 bits per heavy atom. The summed E-state index contributed by atoms with van der Waals surface area (Å²) < 4.78 is 10.5. The quantitative estimate of drug-likeness (QED) is 0.329. The number of pyridine rings is 1. The Balaban J connectivity index is 1.67. The number of aromatic amines is 1. The van der Waals surface area contributed by atoms with Crippen LogP contribution in [-0.4, -0.2) is 65.9 Å². The summed E-state index contributed by atoms with van der Waals surface area (Å²) in [6, 6.07) is 9.68. The summed E-state index contributed by atoms with van der Waals surface area (Å²) in [5.41, 5.74) is 0.943. The number of H-pyrrole nitrogens is 1. The zero-order valence-corrected chi connectivity index (χ0v) is 20.7. The molecule has 0 spiro atoms.